The largest absolute Gasteiger partial charge is 0.513 e. The Morgan fingerprint density at radius 3 is 2.45 bits per heavy atom. The predicted octanol–water partition coefficient (Wildman–Crippen LogP) is -0.353. The molecule has 0 unspecified atom stereocenters. The van der Waals surface area contributed by atoms with Crippen LogP contribution in [0.15, 0.2) is 12.0 Å². The molecule has 5 heteroatoms. The lowest BCUT2D eigenvalue weighted by Crippen LogP contribution is -2.23. The summed E-state index contributed by atoms with van der Waals surface area (Å²) in [6, 6.07) is 0. The molecule has 0 spiro atoms. The zero-order chi connectivity index (χ0) is 8.85. The van der Waals surface area contributed by atoms with E-state index in [2.05, 4.69) is 4.74 Å². The minimum atomic E-state index is -0.762. The second-order valence-corrected chi connectivity index (χ2v) is 1.72. The van der Waals surface area contributed by atoms with E-state index in [4.69, 9.17) is 5.11 Å². The summed E-state index contributed by atoms with van der Waals surface area (Å²) in [6.45, 7) is 0. The number of hydrogen-bond donors (Lipinski definition) is 1. The number of rotatable bonds is 3. The van der Waals surface area contributed by atoms with Crippen LogP contribution in [0.3, 0.4) is 0 Å². The zero-order valence-corrected chi connectivity index (χ0v) is 6.27. The smallest absolute Gasteiger partial charge is 0.357 e. The topological polar surface area (TPSA) is 66.8 Å². The summed E-state index contributed by atoms with van der Waals surface area (Å²) in [5.74, 6) is -0.762. The van der Waals surface area contributed by atoms with E-state index >= 15 is 0 Å². The van der Waals surface area contributed by atoms with E-state index in [0.29, 0.717) is 12.7 Å². The molecule has 0 saturated heterocycles. The number of nitrogens with zero attached hydrogens (tertiary/aromatic N) is 1. The molecular formula is C6H9NO4. The van der Waals surface area contributed by atoms with Gasteiger partial charge in [-0.1, -0.05) is 0 Å². The highest BCUT2D eigenvalue weighted by atomic mass is 16.5. The van der Waals surface area contributed by atoms with Crippen molar-refractivity contribution in [2.75, 3.05) is 14.2 Å². The summed E-state index contributed by atoms with van der Waals surface area (Å²) >= 11 is 0. The first-order valence-corrected chi connectivity index (χ1v) is 2.78. The van der Waals surface area contributed by atoms with Gasteiger partial charge in [0.25, 0.3) is 0 Å². The van der Waals surface area contributed by atoms with Gasteiger partial charge in [-0.25, -0.2) is 4.79 Å². The average Bonchev–Trinajstić information content (AvgIpc) is 2.05. The quantitative estimate of drug-likeness (QED) is 0.264. The maximum absolute atomic E-state index is 10.7. The fourth-order valence-corrected chi connectivity index (χ4v) is 0.449. The molecule has 0 rings (SSSR count). The molecule has 0 aliphatic rings. The van der Waals surface area contributed by atoms with Crippen molar-refractivity contribution in [2.45, 2.75) is 0 Å². The van der Waals surface area contributed by atoms with E-state index in [1.165, 1.54) is 7.05 Å². The molecule has 1 N–H and O–H groups in total. The van der Waals surface area contributed by atoms with Gasteiger partial charge >= 0.3 is 5.97 Å². The van der Waals surface area contributed by atoms with E-state index in [1.54, 1.807) is 0 Å². The fraction of sp³-hybridized carbons (Fsp3) is 0.333. The molecule has 0 aromatic rings. The maximum atomic E-state index is 10.7. The Morgan fingerprint density at radius 2 is 2.18 bits per heavy atom. The summed E-state index contributed by atoms with van der Waals surface area (Å²) in [5, 5.41) is 8.47. The van der Waals surface area contributed by atoms with Crippen molar-refractivity contribution in [1.82, 2.24) is 4.90 Å². The van der Waals surface area contributed by atoms with Crippen LogP contribution in [0.2, 0.25) is 0 Å². The van der Waals surface area contributed by atoms with Crippen molar-refractivity contribution >= 4 is 12.4 Å². The number of methoxy groups -OCH3 is 1. The first kappa shape index (κ1) is 9.48. The van der Waals surface area contributed by atoms with E-state index in [9.17, 15) is 9.59 Å². The lowest BCUT2D eigenvalue weighted by atomic mass is 10.4. The third-order valence-electron chi connectivity index (χ3n) is 1.05. The molecule has 62 valence electrons. The Bertz CT molecular complexity index is 187. The van der Waals surface area contributed by atoms with Crippen LogP contribution in [0.25, 0.3) is 0 Å². The minimum absolute atomic E-state index is 0.206. The summed E-state index contributed by atoms with van der Waals surface area (Å²) < 4.78 is 4.26. The van der Waals surface area contributed by atoms with Crippen LogP contribution in [0.4, 0.5) is 0 Å². The standard InChI is InChI=1S/C6H9NO4/c1-7(4-9)5(3-8)6(10)11-2/h3-4,8H,1-2H3. The Morgan fingerprint density at radius 1 is 1.64 bits per heavy atom. The van der Waals surface area contributed by atoms with Crippen LogP contribution in [0, 0.1) is 0 Å². The summed E-state index contributed by atoms with van der Waals surface area (Å²) in [4.78, 5) is 21.7. The first-order valence-electron chi connectivity index (χ1n) is 2.78. The van der Waals surface area contributed by atoms with Gasteiger partial charge in [-0.2, -0.15) is 0 Å². The number of aliphatic hydroxyl groups is 1. The van der Waals surface area contributed by atoms with Crippen molar-refractivity contribution in [3.8, 4) is 0 Å². The van der Waals surface area contributed by atoms with Gasteiger partial charge in [-0.05, 0) is 0 Å². The van der Waals surface area contributed by atoms with Gasteiger partial charge in [0, 0.05) is 7.05 Å². The lowest BCUT2D eigenvalue weighted by Gasteiger charge is -2.10. The van der Waals surface area contributed by atoms with Crippen molar-refractivity contribution in [3.63, 3.8) is 0 Å². The van der Waals surface area contributed by atoms with E-state index in [0.717, 1.165) is 12.0 Å². The molecule has 0 aromatic carbocycles. The molecular weight excluding hydrogens is 150 g/mol. The molecule has 0 aromatic heterocycles. The molecule has 11 heavy (non-hydrogen) atoms. The molecule has 0 fully saturated rings. The highest BCUT2D eigenvalue weighted by molar-refractivity contribution is 5.89. The first-order chi connectivity index (χ1) is 5.17. The molecule has 0 saturated carbocycles. The van der Waals surface area contributed by atoms with Gasteiger partial charge < -0.3 is 14.7 Å². The summed E-state index contributed by atoms with van der Waals surface area (Å²) in [7, 11) is 2.48. The second kappa shape index (κ2) is 4.32. The van der Waals surface area contributed by atoms with Crippen molar-refractivity contribution in [2.24, 2.45) is 0 Å². The van der Waals surface area contributed by atoms with E-state index < -0.39 is 5.97 Å². The van der Waals surface area contributed by atoms with Crippen LogP contribution in [-0.2, 0) is 14.3 Å². The van der Waals surface area contributed by atoms with Crippen LogP contribution >= 0.6 is 0 Å². The Labute approximate surface area is 63.9 Å². The molecule has 0 bridgehead atoms. The molecule has 1 amide bonds. The number of ether oxygens (including phenoxy) is 1. The molecule has 0 atom stereocenters. The third-order valence-corrected chi connectivity index (χ3v) is 1.05. The molecule has 0 aliphatic carbocycles. The van der Waals surface area contributed by atoms with Gasteiger partial charge in [0.2, 0.25) is 6.41 Å². The molecule has 5 nitrogen and oxygen atoms in total. The van der Waals surface area contributed by atoms with Crippen molar-refractivity contribution in [3.05, 3.63) is 12.0 Å². The highest BCUT2D eigenvalue weighted by Gasteiger charge is 2.13. The molecule has 0 heterocycles. The van der Waals surface area contributed by atoms with Gasteiger partial charge in [-0.3, -0.25) is 4.79 Å². The number of carbonyl (C=O) groups is 2. The fourth-order valence-electron chi connectivity index (χ4n) is 0.449. The molecule has 0 radical (unpaired) electrons. The lowest BCUT2D eigenvalue weighted by molar-refractivity contribution is -0.139. The third kappa shape index (κ3) is 2.29. The van der Waals surface area contributed by atoms with Gasteiger partial charge in [0.15, 0.2) is 5.70 Å². The van der Waals surface area contributed by atoms with Crippen LogP contribution in [0.1, 0.15) is 0 Å². The number of esters is 1. The normalized spacial score (nSPS) is 10.5. The molecule has 0 aliphatic heterocycles. The second-order valence-electron chi connectivity index (χ2n) is 1.72. The number of amides is 1. The summed E-state index contributed by atoms with van der Waals surface area (Å²) in [6.07, 6.45) is 0.902. The van der Waals surface area contributed by atoms with Gasteiger partial charge in [0.05, 0.1) is 7.11 Å². The van der Waals surface area contributed by atoms with Crippen LogP contribution < -0.4 is 0 Å². The van der Waals surface area contributed by atoms with E-state index in [1.807, 2.05) is 0 Å². The van der Waals surface area contributed by atoms with E-state index in [-0.39, 0.29) is 5.70 Å². The number of hydrogen-bond acceptors (Lipinski definition) is 4. The number of aliphatic hydroxyl groups excluding tert-OH is 1. The Hall–Kier alpha value is -1.52. The Kier molecular flexibility index (Phi) is 3.72. The highest BCUT2D eigenvalue weighted by Crippen LogP contribution is 1.98. The van der Waals surface area contributed by atoms with Crippen LogP contribution in [-0.4, -0.2) is 36.5 Å². The SMILES string of the molecule is COC(=O)C(=CO)N(C)C=O. The van der Waals surface area contributed by atoms with Crippen molar-refractivity contribution in [1.29, 1.82) is 0 Å². The van der Waals surface area contributed by atoms with Gasteiger partial charge in [-0.15, -0.1) is 0 Å². The monoisotopic (exact) mass is 159 g/mol. The average molecular weight is 159 g/mol. The number of carbonyl (C=O) groups excluding carboxylic acids is 2. The van der Waals surface area contributed by atoms with Gasteiger partial charge in [0.1, 0.15) is 6.26 Å². The minimum Gasteiger partial charge on any atom is -0.513 e. The van der Waals surface area contributed by atoms with Crippen LogP contribution in [0.5, 0.6) is 0 Å². The number of likely N-dealkylation sites (N-methyl/N-ethyl adjacent to an activating group) is 1. The van der Waals surface area contributed by atoms with Crippen molar-refractivity contribution < 1.29 is 19.4 Å². The maximum Gasteiger partial charge on any atom is 0.357 e. The zero-order valence-electron chi connectivity index (χ0n) is 6.27. The predicted molar refractivity (Wildman–Crippen MR) is 36.6 cm³/mol. The summed E-state index contributed by atoms with van der Waals surface area (Å²) in [5.41, 5.74) is -0.206. The Balaban J connectivity index is 4.42.